The van der Waals surface area contributed by atoms with Crippen LogP contribution < -0.4 is 10.1 Å². The predicted octanol–water partition coefficient (Wildman–Crippen LogP) is 5.97. The van der Waals surface area contributed by atoms with Crippen molar-refractivity contribution in [3.05, 3.63) is 62.1 Å². The van der Waals surface area contributed by atoms with E-state index in [2.05, 4.69) is 5.32 Å². The molecule has 0 heterocycles. The Labute approximate surface area is 205 Å². The molecule has 0 aliphatic rings. The first kappa shape index (κ1) is 26.3. The van der Waals surface area contributed by atoms with Crippen LogP contribution in [-0.2, 0) is 16.1 Å². The summed E-state index contributed by atoms with van der Waals surface area (Å²) in [6, 6.07) is 8.00. The van der Waals surface area contributed by atoms with Crippen LogP contribution in [0, 0.1) is 13.8 Å². The van der Waals surface area contributed by atoms with E-state index in [-0.39, 0.29) is 31.0 Å². The average molecular weight is 500 g/mol. The number of nitrogens with one attached hydrogen (secondary N) is 1. The van der Waals surface area contributed by atoms with Crippen molar-refractivity contribution in [1.82, 2.24) is 10.2 Å². The Hall–Kier alpha value is -1.95. The topological polar surface area (TPSA) is 58.6 Å². The minimum absolute atomic E-state index is 0.00291. The van der Waals surface area contributed by atoms with Gasteiger partial charge >= 0.3 is 0 Å². The zero-order chi connectivity index (χ0) is 24.0. The highest BCUT2D eigenvalue weighted by Gasteiger charge is 2.27. The molecule has 0 saturated carbocycles. The van der Waals surface area contributed by atoms with Crippen LogP contribution in [0.25, 0.3) is 0 Å². The normalized spacial score (nSPS) is 12.8. The van der Waals surface area contributed by atoms with E-state index in [1.807, 2.05) is 27.7 Å². The summed E-state index contributed by atoms with van der Waals surface area (Å²) in [6.07, 6.45) is 0.789. The quantitative estimate of drug-likeness (QED) is 0.462. The van der Waals surface area contributed by atoms with Crippen molar-refractivity contribution >= 4 is 46.6 Å². The molecule has 2 aromatic rings. The van der Waals surface area contributed by atoms with Gasteiger partial charge in [-0.25, -0.2) is 0 Å². The SMILES string of the molecule is CCC(C)NC(=O)C(C)N(Cc1ccc(Cl)c(Cl)c1)C(=O)COc1cc(C)c(Cl)c(C)c1. The Kier molecular flexibility index (Phi) is 9.68. The number of hydrogen-bond acceptors (Lipinski definition) is 3. The van der Waals surface area contributed by atoms with Gasteiger partial charge in [-0.1, -0.05) is 47.8 Å². The van der Waals surface area contributed by atoms with Crippen LogP contribution in [-0.4, -0.2) is 35.4 Å². The lowest BCUT2D eigenvalue weighted by Crippen LogP contribution is -2.50. The van der Waals surface area contributed by atoms with E-state index in [1.54, 1.807) is 37.3 Å². The Morgan fingerprint density at radius 3 is 2.22 bits per heavy atom. The standard InChI is InChI=1S/C24H29Cl3N2O3/c1-6-16(4)28-24(31)17(5)29(12-18-7-8-20(25)21(26)11-18)22(30)13-32-19-9-14(2)23(27)15(3)10-19/h7-11,16-17H,6,12-13H2,1-5H3,(H,28,31). The Morgan fingerprint density at radius 1 is 1.03 bits per heavy atom. The fourth-order valence-electron chi connectivity index (χ4n) is 3.10. The van der Waals surface area contributed by atoms with Crippen molar-refractivity contribution in [2.45, 2.75) is 59.7 Å². The van der Waals surface area contributed by atoms with Crippen LogP contribution in [0.2, 0.25) is 15.1 Å². The molecule has 0 bridgehead atoms. The number of carbonyl (C=O) groups is 2. The number of halogens is 3. The summed E-state index contributed by atoms with van der Waals surface area (Å²) in [4.78, 5) is 27.4. The second-order valence-corrected chi connectivity index (χ2v) is 9.12. The van der Waals surface area contributed by atoms with Crippen molar-refractivity contribution in [2.75, 3.05) is 6.61 Å². The molecule has 1 N–H and O–H groups in total. The molecule has 0 saturated heterocycles. The highest BCUT2D eigenvalue weighted by atomic mass is 35.5. The van der Waals surface area contributed by atoms with Gasteiger partial charge < -0.3 is 15.0 Å². The van der Waals surface area contributed by atoms with Crippen LogP contribution in [0.15, 0.2) is 30.3 Å². The minimum Gasteiger partial charge on any atom is -0.484 e. The fraction of sp³-hybridized carbons (Fsp3) is 0.417. The van der Waals surface area contributed by atoms with Gasteiger partial charge in [0.2, 0.25) is 5.91 Å². The number of ether oxygens (including phenoxy) is 1. The van der Waals surface area contributed by atoms with E-state index in [4.69, 9.17) is 39.5 Å². The third kappa shape index (κ3) is 7.03. The molecule has 0 spiro atoms. The molecule has 0 fully saturated rings. The van der Waals surface area contributed by atoms with Gasteiger partial charge in [-0.15, -0.1) is 0 Å². The summed E-state index contributed by atoms with van der Waals surface area (Å²) in [7, 11) is 0. The lowest BCUT2D eigenvalue weighted by molar-refractivity contribution is -0.142. The molecule has 8 heteroatoms. The van der Waals surface area contributed by atoms with Gasteiger partial charge in [0, 0.05) is 17.6 Å². The van der Waals surface area contributed by atoms with Crippen molar-refractivity contribution in [1.29, 1.82) is 0 Å². The number of carbonyl (C=O) groups excluding carboxylic acids is 2. The smallest absolute Gasteiger partial charge is 0.261 e. The van der Waals surface area contributed by atoms with Crippen molar-refractivity contribution in [3.63, 3.8) is 0 Å². The number of rotatable bonds is 9. The van der Waals surface area contributed by atoms with E-state index in [1.165, 1.54) is 4.90 Å². The highest BCUT2D eigenvalue weighted by molar-refractivity contribution is 6.42. The third-order valence-corrected chi connectivity index (χ3v) is 6.61. The first-order valence-corrected chi connectivity index (χ1v) is 11.6. The Morgan fingerprint density at radius 2 is 1.66 bits per heavy atom. The molecular weight excluding hydrogens is 471 g/mol. The number of aryl methyl sites for hydroxylation is 2. The number of amides is 2. The Balaban J connectivity index is 2.22. The lowest BCUT2D eigenvalue weighted by atomic mass is 10.1. The third-order valence-electron chi connectivity index (χ3n) is 5.28. The summed E-state index contributed by atoms with van der Waals surface area (Å²) >= 11 is 18.4. The second kappa shape index (κ2) is 11.8. The van der Waals surface area contributed by atoms with Crippen LogP contribution in [0.3, 0.4) is 0 Å². The van der Waals surface area contributed by atoms with Crippen molar-refractivity contribution < 1.29 is 14.3 Å². The second-order valence-electron chi connectivity index (χ2n) is 7.92. The van der Waals surface area contributed by atoms with Crippen molar-refractivity contribution in [3.8, 4) is 5.75 Å². The van der Waals surface area contributed by atoms with Crippen molar-refractivity contribution in [2.24, 2.45) is 0 Å². The fourth-order valence-corrected chi connectivity index (χ4v) is 3.53. The summed E-state index contributed by atoms with van der Waals surface area (Å²) < 4.78 is 5.75. The summed E-state index contributed by atoms with van der Waals surface area (Å²) in [6.45, 7) is 9.32. The molecule has 2 aromatic carbocycles. The molecule has 0 radical (unpaired) electrons. The van der Waals surface area contributed by atoms with Gasteiger partial charge in [0.25, 0.3) is 5.91 Å². The van der Waals surface area contributed by atoms with Gasteiger partial charge in [0.1, 0.15) is 11.8 Å². The zero-order valence-electron chi connectivity index (χ0n) is 19.0. The molecule has 2 atom stereocenters. The number of hydrogen-bond donors (Lipinski definition) is 1. The lowest BCUT2D eigenvalue weighted by Gasteiger charge is -2.29. The first-order chi connectivity index (χ1) is 15.0. The van der Waals surface area contributed by atoms with Crippen LogP contribution >= 0.6 is 34.8 Å². The molecule has 0 aliphatic carbocycles. The average Bonchev–Trinajstić information content (AvgIpc) is 2.75. The summed E-state index contributed by atoms with van der Waals surface area (Å²) in [5.74, 6) is -0.0111. The highest BCUT2D eigenvalue weighted by Crippen LogP contribution is 2.26. The molecule has 5 nitrogen and oxygen atoms in total. The van der Waals surface area contributed by atoms with E-state index in [0.717, 1.165) is 23.1 Å². The largest absolute Gasteiger partial charge is 0.484 e. The predicted molar refractivity (Wildman–Crippen MR) is 131 cm³/mol. The molecule has 2 amide bonds. The maximum absolute atomic E-state index is 13.1. The molecule has 2 rings (SSSR count). The molecular formula is C24H29Cl3N2O3. The molecule has 32 heavy (non-hydrogen) atoms. The summed E-state index contributed by atoms with van der Waals surface area (Å²) in [5, 5.41) is 4.41. The first-order valence-electron chi connectivity index (χ1n) is 10.5. The summed E-state index contributed by atoms with van der Waals surface area (Å²) in [5.41, 5.74) is 2.49. The van der Waals surface area contributed by atoms with Gasteiger partial charge in [0.15, 0.2) is 6.61 Å². The number of benzene rings is 2. The molecule has 0 aliphatic heterocycles. The monoisotopic (exact) mass is 498 g/mol. The Bertz CT molecular complexity index is 958. The van der Waals surface area contributed by atoms with Gasteiger partial charge in [-0.2, -0.15) is 0 Å². The maximum atomic E-state index is 13.1. The zero-order valence-corrected chi connectivity index (χ0v) is 21.2. The molecule has 174 valence electrons. The molecule has 2 unspecified atom stereocenters. The minimum atomic E-state index is -0.705. The number of nitrogens with zero attached hydrogens (tertiary/aromatic N) is 1. The van der Waals surface area contributed by atoms with Crippen LogP contribution in [0.4, 0.5) is 0 Å². The van der Waals surface area contributed by atoms with E-state index < -0.39 is 6.04 Å². The van der Waals surface area contributed by atoms with Gasteiger partial charge in [-0.05, 0) is 75.1 Å². The van der Waals surface area contributed by atoms with Gasteiger partial charge in [-0.3, -0.25) is 9.59 Å². The van der Waals surface area contributed by atoms with E-state index in [0.29, 0.717) is 20.8 Å². The maximum Gasteiger partial charge on any atom is 0.261 e. The van der Waals surface area contributed by atoms with Crippen LogP contribution in [0.5, 0.6) is 5.75 Å². The van der Waals surface area contributed by atoms with Gasteiger partial charge in [0.05, 0.1) is 10.0 Å². The van der Waals surface area contributed by atoms with E-state index in [9.17, 15) is 9.59 Å². The molecule has 0 aromatic heterocycles. The van der Waals surface area contributed by atoms with E-state index >= 15 is 0 Å². The van der Waals surface area contributed by atoms with Crippen LogP contribution in [0.1, 0.15) is 43.9 Å².